The van der Waals surface area contributed by atoms with Crippen molar-refractivity contribution in [1.29, 1.82) is 0 Å². The first kappa shape index (κ1) is 17.1. The predicted molar refractivity (Wildman–Crippen MR) is 94.3 cm³/mol. The molecular formula is C16H15N5O5. The van der Waals surface area contributed by atoms with Crippen molar-refractivity contribution in [3.63, 3.8) is 0 Å². The zero-order chi connectivity index (χ0) is 18.8. The van der Waals surface area contributed by atoms with Crippen LogP contribution in [0.15, 0.2) is 45.7 Å². The number of non-ortho nitro benzene ring substituents is 1. The van der Waals surface area contributed by atoms with E-state index in [4.69, 9.17) is 4.42 Å². The number of fused-ring (bicyclic) bond motifs is 1. The van der Waals surface area contributed by atoms with Crippen LogP contribution in [0.3, 0.4) is 0 Å². The van der Waals surface area contributed by atoms with E-state index in [0.717, 1.165) is 10.6 Å². The Balaban J connectivity index is 1.87. The lowest BCUT2D eigenvalue weighted by Crippen LogP contribution is -2.25. The standard InChI is InChI=1S/C16H15N5O5/c1-19(2)15-11(4-3-7-17-15)18-14(22)9-20-12-6-5-10(21(24)25)8-13(12)26-16(20)23/h3-8H,9H2,1-2H3,(H,18,22). The summed E-state index contributed by atoms with van der Waals surface area (Å²) in [4.78, 5) is 40.5. The number of hydrogen-bond acceptors (Lipinski definition) is 7. The van der Waals surface area contributed by atoms with Gasteiger partial charge in [-0.15, -0.1) is 0 Å². The second kappa shape index (κ2) is 6.67. The highest BCUT2D eigenvalue weighted by atomic mass is 16.6. The van der Waals surface area contributed by atoms with Gasteiger partial charge in [-0.25, -0.2) is 9.78 Å². The summed E-state index contributed by atoms with van der Waals surface area (Å²) in [5, 5.41) is 13.5. The number of nitrogens with zero attached hydrogens (tertiary/aromatic N) is 4. The number of carbonyl (C=O) groups is 1. The van der Waals surface area contributed by atoms with E-state index in [2.05, 4.69) is 10.3 Å². The Hall–Kier alpha value is -3.69. The second-order valence-corrected chi connectivity index (χ2v) is 5.68. The Morgan fingerprint density at radius 1 is 1.38 bits per heavy atom. The molecule has 0 fully saturated rings. The van der Waals surface area contributed by atoms with Gasteiger partial charge in [0.05, 0.1) is 22.2 Å². The molecule has 134 valence electrons. The molecule has 0 spiro atoms. The lowest BCUT2D eigenvalue weighted by Gasteiger charge is -2.16. The van der Waals surface area contributed by atoms with Gasteiger partial charge < -0.3 is 14.6 Å². The number of benzene rings is 1. The highest BCUT2D eigenvalue weighted by molar-refractivity contribution is 5.94. The lowest BCUT2D eigenvalue weighted by atomic mass is 10.3. The molecule has 0 saturated heterocycles. The normalized spacial score (nSPS) is 10.7. The van der Waals surface area contributed by atoms with Gasteiger partial charge in [-0.05, 0) is 18.2 Å². The van der Waals surface area contributed by atoms with Gasteiger partial charge in [0.1, 0.15) is 6.54 Å². The number of nitro benzene ring substituents is 1. The van der Waals surface area contributed by atoms with Crippen LogP contribution in [0.5, 0.6) is 0 Å². The zero-order valence-corrected chi connectivity index (χ0v) is 14.0. The third-order valence-corrected chi connectivity index (χ3v) is 3.65. The molecule has 1 N–H and O–H groups in total. The number of oxazole rings is 1. The summed E-state index contributed by atoms with van der Waals surface area (Å²) in [7, 11) is 3.58. The lowest BCUT2D eigenvalue weighted by molar-refractivity contribution is -0.384. The Morgan fingerprint density at radius 2 is 2.15 bits per heavy atom. The van der Waals surface area contributed by atoms with Crippen LogP contribution in [0.2, 0.25) is 0 Å². The van der Waals surface area contributed by atoms with Gasteiger partial charge in [0.25, 0.3) is 5.69 Å². The molecule has 2 aromatic heterocycles. The molecule has 10 heteroatoms. The van der Waals surface area contributed by atoms with Crippen LogP contribution in [0.1, 0.15) is 0 Å². The van der Waals surface area contributed by atoms with E-state index in [1.807, 2.05) is 0 Å². The first-order valence-electron chi connectivity index (χ1n) is 7.57. The number of carbonyl (C=O) groups excluding carboxylic acids is 1. The van der Waals surface area contributed by atoms with Gasteiger partial charge in [-0.2, -0.15) is 0 Å². The number of nitrogens with one attached hydrogen (secondary N) is 1. The van der Waals surface area contributed by atoms with E-state index in [1.54, 1.807) is 37.3 Å². The first-order valence-corrected chi connectivity index (χ1v) is 7.57. The number of amides is 1. The largest absolute Gasteiger partial charge is 0.420 e. The molecule has 26 heavy (non-hydrogen) atoms. The Kier molecular flexibility index (Phi) is 4.40. The molecular weight excluding hydrogens is 342 g/mol. The minimum Gasteiger partial charge on any atom is -0.407 e. The number of aromatic nitrogens is 2. The van der Waals surface area contributed by atoms with E-state index in [-0.39, 0.29) is 17.8 Å². The maximum absolute atomic E-state index is 12.4. The molecule has 0 aliphatic carbocycles. The fourth-order valence-corrected chi connectivity index (χ4v) is 2.50. The van der Waals surface area contributed by atoms with Crippen molar-refractivity contribution in [3.8, 4) is 0 Å². The van der Waals surface area contributed by atoms with Gasteiger partial charge in [0, 0.05) is 26.4 Å². The average Bonchev–Trinajstić information content (AvgIpc) is 2.90. The molecule has 0 aliphatic rings. The van der Waals surface area contributed by atoms with Gasteiger partial charge in [0.15, 0.2) is 11.4 Å². The Morgan fingerprint density at radius 3 is 2.85 bits per heavy atom. The summed E-state index contributed by atoms with van der Waals surface area (Å²) >= 11 is 0. The van der Waals surface area contributed by atoms with Crippen molar-refractivity contribution in [2.24, 2.45) is 0 Å². The SMILES string of the molecule is CN(C)c1ncccc1NC(=O)Cn1c(=O)oc2cc([N+](=O)[O-])ccc21. The van der Waals surface area contributed by atoms with Gasteiger partial charge in [-0.1, -0.05) is 0 Å². The van der Waals surface area contributed by atoms with Crippen LogP contribution < -0.4 is 16.0 Å². The topological polar surface area (TPSA) is 124 Å². The van der Waals surface area contributed by atoms with Gasteiger partial charge in [0.2, 0.25) is 5.91 Å². The summed E-state index contributed by atoms with van der Waals surface area (Å²) in [6.45, 7) is -0.300. The van der Waals surface area contributed by atoms with Crippen molar-refractivity contribution >= 4 is 34.2 Å². The predicted octanol–water partition coefficient (Wildman–Crippen LogP) is 1.60. The number of anilines is 2. The van der Waals surface area contributed by atoms with Crippen LogP contribution in [-0.4, -0.2) is 34.5 Å². The van der Waals surface area contributed by atoms with Crippen LogP contribution in [0.25, 0.3) is 11.1 Å². The van der Waals surface area contributed by atoms with Crippen LogP contribution in [0.4, 0.5) is 17.2 Å². The Labute approximate surface area is 146 Å². The summed E-state index contributed by atoms with van der Waals surface area (Å²) in [5.74, 6) is -0.653. The second-order valence-electron chi connectivity index (χ2n) is 5.68. The highest BCUT2D eigenvalue weighted by Gasteiger charge is 2.17. The van der Waals surface area contributed by atoms with Crippen LogP contribution in [-0.2, 0) is 11.3 Å². The van der Waals surface area contributed by atoms with Gasteiger partial charge in [-0.3, -0.25) is 19.5 Å². The molecule has 2 heterocycles. The van der Waals surface area contributed by atoms with E-state index < -0.39 is 16.6 Å². The van der Waals surface area contributed by atoms with E-state index in [1.165, 1.54) is 12.1 Å². The number of nitro groups is 1. The average molecular weight is 357 g/mol. The van der Waals surface area contributed by atoms with Crippen molar-refractivity contribution in [2.75, 3.05) is 24.3 Å². The van der Waals surface area contributed by atoms with Crippen molar-refractivity contribution in [1.82, 2.24) is 9.55 Å². The van der Waals surface area contributed by atoms with Crippen molar-refractivity contribution in [3.05, 3.63) is 57.2 Å². The summed E-state index contributed by atoms with van der Waals surface area (Å²) in [5.41, 5.74) is 0.648. The van der Waals surface area contributed by atoms with Crippen LogP contribution in [0, 0.1) is 10.1 Å². The first-order chi connectivity index (χ1) is 12.4. The molecule has 0 unspecified atom stereocenters. The third-order valence-electron chi connectivity index (χ3n) is 3.65. The fraction of sp³-hybridized carbons (Fsp3) is 0.188. The molecule has 3 rings (SSSR count). The minimum atomic E-state index is -0.769. The number of pyridine rings is 1. The maximum atomic E-state index is 12.4. The minimum absolute atomic E-state index is 0.0485. The molecule has 0 atom stereocenters. The van der Waals surface area contributed by atoms with E-state index >= 15 is 0 Å². The number of rotatable bonds is 5. The molecule has 1 aromatic carbocycles. The van der Waals surface area contributed by atoms with Crippen LogP contribution >= 0.6 is 0 Å². The molecule has 0 radical (unpaired) electrons. The Bertz CT molecular complexity index is 1050. The van der Waals surface area contributed by atoms with Crippen molar-refractivity contribution < 1.29 is 14.1 Å². The molecule has 0 bridgehead atoms. The summed E-state index contributed by atoms with van der Waals surface area (Å²) in [6.07, 6.45) is 1.60. The van der Waals surface area contributed by atoms with E-state index in [0.29, 0.717) is 17.0 Å². The zero-order valence-electron chi connectivity index (χ0n) is 14.0. The smallest absolute Gasteiger partial charge is 0.407 e. The fourth-order valence-electron chi connectivity index (χ4n) is 2.50. The number of hydrogen-bond donors (Lipinski definition) is 1. The molecule has 3 aromatic rings. The molecule has 10 nitrogen and oxygen atoms in total. The quantitative estimate of drug-likeness (QED) is 0.543. The maximum Gasteiger partial charge on any atom is 0.420 e. The summed E-state index contributed by atoms with van der Waals surface area (Å²) < 4.78 is 6.12. The van der Waals surface area contributed by atoms with Gasteiger partial charge >= 0.3 is 5.76 Å². The monoisotopic (exact) mass is 357 g/mol. The summed E-state index contributed by atoms with van der Waals surface area (Å²) in [6, 6.07) is 7.15. The van der Waals surface area contributed by atoms with E-state index in [9.17, 15) is 19.7 Å². The molecule has 1 amide bonds. The highest BCUT2D eigenvalue weighted by Crippen LogP contribution is 2.22. The third kappa shape index (κ3) is 3.24. The molecule has 0 saturated carbocycles. The van der Waals surface area contributed by atoms with Crippen molar-refractivity contribution in [2.45, 2.75) is 6.54 Å². The molecule has 0 aliphatic heterocycles.